The minimum atomic E-state index is -2.58. The molecule has 0 aromatic carbocycles. The summed E-state index contributed by atoms with van der Waals surface area (Å²) in [5, 5.41) is 0. The van der Waals surface area contributed by atoms with Crippen LogP contribution in [-0.4, -0.2) is 17.5 Å². The molecule has 0 unspecified atom stereocenters. The lowest BCUT2D eigenvalue weighted by atomic mass is 9.64. The summed E-state index contributed by atoms with van der Waals surface area (Å²) in [7, 11) is 0. The number of rotatable bonds is 2. The van der Waals surface area contributed by atoms with E-state index in [1.165, 1.54) is 0 Å². The molecule has 1 saturated carbocycles. The topological polar surface area (TPSA) is 38.9 Å². The molecule has 2 rings (SSSR count). The van der Waals surface area contributed by atoms with Crippen LogP contribution in [0, 0.1) is 0 Å². The van der Waals surface area contributed by atoms with Crippen molar-refractivity contribution in [3.8, 4) is 0 Å². The molecule has 0 saturated heterocycles. The number of nitrogens with two attached hydrogens (primary N) is 1. The molecule has 0 amide bonds. The standard InChI is InChI=1S/C10H11BrF2N2/c11-8-3-1-2-7(15-8)9(6-14)4-10(12,13)5-9/h1-3H,4-6,14H2. The predicted octanol–water partition coefficient (Wildman–Crippen LogP) is 2.47. The quantitative estimate of drug-likeness (QED) is 0.843. The first kappa shape index (κ1) is 11.0. The van der Waals surface area contributed by atoms with Gasteiger partial charge in [-0.2, -0.15) is 0 Å². The molecule has 1 fully saturated rings. The van der Waals surface area contributed by atoms with Gasteiger partial charge in [-0.15, -0.1) is 0 Å². The highest BCUT2D eigenvalue weighted by Gasteiger charge is 2.57. The molecule has 1 aliphatic rings. The van der Waals surface area contributed by atoms with Crippen molar-refractivity contribution in [2.75, 3.05) is 6.54 Å². The molecular weight excluding hydrogens is 266 g/mol. The van der Waals surface area contributed by atoms with Gasteiger partial charge >= 0.3 is 0 Å². The smallest absolute Gasteiger partial charge is 0.250 e. The van der Waals surface area contributed by atoms with Gasteiger partial charge in [-0.3, -0.25) is 0 Å². The van der Waals surface area contributed by atoms with Crippen LogP contribution >= 0.6 is 15.9 Å². The molecule has 2 nitrogen and oxygen atoms in total. The van der Waals surface area contributed by atoms with Crippen LogP contribution in [0.1, 0.15) is 18.5 Å². The molecule has 2 N–H and O–H groups in total. The van der Waals surface area contributed by atoms with E-state index in [9.17, 15) is 8.78 Å². The Bertz CT molecular complexity index is 373. The first-order valence-electron chi connectivity index (χ1n) is 4.68. The fourth-order valence-electron chi connectivity index (χ4n) is 2.07. The zero-order valence-electron chi connectivity index (χ0n) is 8.01. The largest absolute Gasteiger partial charge is 0.330 e. The third-order valence-corrected chi connectivity index (χ3v) is 3.28. The van der Waals surface area contributed by atoms with Crippen molar-refractivity contribution in [2.24, 2.45) is 5.73 Å². The second-order valence-electron chi connectivity index (χ2n) is 4.04. The summed E-state index contributed by atoms with van der Waals surface area (Å²) in [4.78, 5) is 4.21. The Morgan fingerprint density at radius 2 is 2.07 bits per heavy atom. The van der Waals surface area contributed by atoms with Crippen LogP contribution in [0.5, 0.6) is 0 Å². The fraction of sp³-hybridized carbons (Fsp3) is 0.500. The highest BCUT2D eigenvalue weighted by Crippen LogP contribution is 2.52. The van der Waals surface area contributed by atoms with Crippen molar-refractivity contribution in [1.82, 2.24) is 4.98 Å². The lowest BCUT2D eigenvalue weighted by Crippen LogP contribution is -2.54. The minimum absolute atomic E-state index is 0.194. The zero-order valence-corrected chi connectivity index (χ0v) is 9.60. The van der Waals surface area contributed by atoms with Gasteiger partial charge in [0.25, 0.3) is 0 Å². The Morgan fingerprint density at radius 1 is 1.40 bits per heavy atom. The van der Waals surface area contributed by atoms with Crippen LogP contribution in [0.4, 0.5) is 8.78 Å². The van der Waals surface area contributed by atoms with Crippen molar-refractivity contribution >= 4 is 15.9 Å². The Balaban J connectivity index is 2.29. The molecule has 5 heteroatoms. The van der Waals surface area contributed by atoms with Crippen LogP contribution in [0.15, 0.2) is 22.8 Å². The summed E-state index contributed by atoms with van der Waals surface area (Å²) in [6.07, 6.45) is -0.389. The molecule has 0 aliphatic heterocycles. The number of hydrogen-bond donors (Lipinski definition) is 1. The lowest BCUT2D eigenvalue weighted by Gasteiger charge is -2.46. The second-order valence-corrected chi connectivity index (χ2v) is 4.85. The molecular formula is C10H11BrF2N2. The van der Waals surface area contributed by atoms with E-state index in [1.807, 2.05) is 0 Å². The third-order valence-electron chi connectivity index (χ3n) is 2.84. The average molecular weight is 277 g/mol. The summed E-state index contributed by atoms with van der Waals surface area (Å²) in [5.41, 5.74) is 5.61. The highest BCUT2D eigenvalue weighted by atomic mass is 79.9. The molecule has 1 aliphatic carbocycles. The van der Waals surface area contributed by atoms with Gasteiger partial charge in [-0.25, -0.2) is 13.8 Å². The van der Waals surface area contributed by atoms with Gasteiger partial charge in [0.15, 0.2) is 0 Å². The van der Waals surface area contributed by atoms with E-state index in [0.717, 1.165) is 0 Å². The molecule has 1 aromatic rings. The number of pyridine rings is 1. The number of halogens is 3. The Morgan fingerprint density at radius 3 is 2.53 bits per heavy atom. The maximum absolute atomic E-state index is 12.9. The van der Waals surface area contributed by atoms with E-state index < -0.39 is 11.3 Å². The highest BCUT2D eigenvalue weighted by molar-refractivity contribution is 9.10. The Hall–Kier alpha value is -0.550. The summed E-state index contributed by atoms with van der Waals surface area (Å²) in [5.74, 6) is -2.58. The maximum atomic E-state index is 12.9. The van der Waals surface area contributed by atoms with Gasteiger partial charge in [0.05, 0.1) is 0 Å². The second kappa shape index (κ2) is 3.49. The van der Waals surface area contributed by atoms with Crippen LogP contribution in [-0.2, 0) is 5.41 Å². The molecule has 0 spiro atoms. The van der Waals surface area contributed by atoms with Gasteiger partial charge < -0.3 is 5.73 Å². The summed E-state index contributed by atoms with van der Waals surface area (Å²) in [6.45, 7) is 0.214. The molecule has 0 atom stereocenters. The minimum Gasteiger partial charge on any atom is -0.330 e. The zero-order chi connectivity index (χ0) is 11.1. The number of alkyl halides is 2. The average Bonchev–Trinajstić information content (AvgIpc) is 2.13. The fourth-order valence-corrected chi connectivity index (χ4v) is 2.42. The van der Waals surface area contributed by atoms with Crippen LogP contribution in [0.2, 0.25) is 0 Å². The van der Waals surface area contributed by atoms with E-state index in [1.54, 1.807) is 18.2 Å². The van der Waals surface area contributed by atoms with Crippen molar-refractivity contribution in [3.63, 3.8) is 0 Å². The number of nitrogens with zero attached hydrogens (tertiary/aromatic N) is 1. The van der Waals surface area contributed by atoms with Gasteiger partial charge in [-0.05, 0) is 28.1 Å². The SMILES string of the molecule is NCC1(c2cccc(Br)n2)CC(F)(F)C1. The van der Waals surface area contributed by atoms with Gasteiger partial charge in [0.2, 0.25) is 5.92 Å². The van der Waals surface area contributed by atoms with E-state index in [4.69, 9.17) is 5.73 Å². The van der Waals surface area contributed by atoms with Crippen LogP contribution < -0.4 is 5.73 Å². The van der Waals surface area contributed by atoms with Crippen LogP contribution in [0.25, 0.3) is 0 Å². The Kier molecular flexibility index (Phi) is 2.55. The normalized spacial score (nSPS) is 22.1. The van der Waals surface area contributed by atoms with Crippen molar-refractivity contribution in [1.29, 1.82) is 0 Å². The van der Waals surface area contributed by atoms with Crippen molar-refractivity contribution in [2.45, 2.75) is 24.2 Å². The van der Waals surface area contributed by atoms with E-state index >= 15 is 0 Å². The maximum Gasteiger partial charge on any atom is 0.250 e. The van der Waals surface area contributed by atoms with E-state index in [2.05, 4.69) is 20.9 Å². The first-order chi connectivity index (χ1) is 6.97. The number of hydrogen-bond acceptors (Lipinski definition) is 2. The summed E-state index contributed by atoms with van der Waals surface area (Å²) >= 11 is 3.23. The molecule has 15 heavy (non-hydrogen) atoms. The molecule has 0 radical (unpaired) electrons. The van der Waals surface area contributed by atoms with Gasteiger partial charge in [0, 0.05) is 30.5 Å². The van der Waals surface area contributed by atoms with Crippen molar-refractivity contribution < 1.29 is 8.78 Å². The molecule has 82 valence electrons. The summed E-state index contributed by atoms with van der Waals surface area (Å²) < 4.78 is 26.5. The lowest BCUT2D eigenvalue weighted by molar-refractivity contribution is -0.125. The van der Waals surface area contributed by atoms with Crippen LogP contribution in [0.3, 0.4) is 0 Å². The first-order valence-corrected chi connectivity index (χ1v) is 5.48. The van der Waals surface area contributed by atoms with Crippen molar-refractivity contribution in [3.05, 3.63) is 28.5 Å². The molecule has 0 bridgehead atoms. The summed E-state index contributed by atoms with van der Waals surface area (Å²) in [6, 6.07) is 5.32. The van der Waals surface area contributed by atoms with E-state index in [0.29, 0.717) is 10.3 Å². The third kappa shape index (κ3) is 1.90. The van der Waals surface area contributed by atoms with Gasteiger partial charge in [-0.1, -0.05) is 6.07 Å². The monoisotopic (exact) mass is 276 g/mol. The van der Waals surface area contributed by atoms with E-state index in [-0.39, 0.29) is 19.4 Å². The number of aromatic nitrogens is 1. The molecule has 1 aromatic heterocycles. The van der Waals surface area contributed by atoms with Gasteiger partial charge in [0.1, 0.15) is 4.60 Å². The molecule has 1 heterocycles. The Labute approximate surface area is 95.0 Å². The predicted molar refractivity (Wildman–Crippen MR) is 56.9 cm³/mol.